The third kappa shape index (κ3) is 2.52. The van der Waals surface area contributed by atoms with E-state index in [1.807, 2.05) is 36.4 Å². The second-order valence-corrected chi connectivity index (χ2v) is 6.85. The average Bonchev–Trinajstić information content (AvgIpc) is 3.30. The Balaban J connectivity index is 1.39. The summed E-state index contributed by atoms with van der Waals surface area (Å²) in [4.78, 5) is 38.5. The lowest BCUT2D eigenvalue weighted by atomic mass is 9.85. The van der Waals surface area contributed by atoms with Crippen LogP contribution in [0.4, 0.5) is 0 Å². The fourth-order valence-electron chi connectivity index (χ4n) is 4.36. The van der Waals surface area contributed by atoms with Crippen LogP contribution in [0.3, 0.4) is 0 Å². The zero-order valence-electron chi connectivity index (χ0n) is 14.0. The first-order valence-corrected chi connectivity index (χ1v) is 8.52. The van der Waals surface area contributed by atoms with Crippen LogP contribution in [0, 0.1) is 23.7 Å². The lowest BCUT2D eigenvalue weighted by molar-refractivity contribution is -0.144. The Hall–Kier alpha value is -2.63. The van der Waals surface area contributed by atoms with Crippen molar-refractivity contribution in [2.24, 2.45) is 23.7 Å². The van der Waals surface area contributed by atoms with Crippen molar-refractivity contribution in [3.8, 4) is 5.75 Å². The molecule has 4 atom stereocenters. The molecule has 0 radical (unpaired) electrons. The van der Waals surface area contributed by atoms with E-state index in [9.17, 15) is 14.4 Å². The van der Waals surface area contributed by atoms with Crippen molar-refractivity contribution in [3.05, 3.63) is 42.0 Å². The number of carbonyl (C=O) groups is 3. The molecule has 3 amide bonds. The number of para-hydroxylation sites is 1. The number of carbonyl (C=O) groups excluding carboxylic acids is 3. The second-order valence-electron chi connectivity index (χ2n) is 6.85. The van der Waals surface area contributed by atoms with Gasteiger partial charge < -0.3 is 10.1 Å². The molecule has 2 aliphatic carbocycles. The van der Waals surface area contributed by atoms with Crippen molar-refractivity contribution in [3.63, 3.8) is 0 Å². The number of nitrogens with zero attached hydrogens (tertiary/aromatic N) is 1. The molecule has 6 nitrogen and oxygen atoms in total. The van der Waals surface area contributed by atoms with Crippen LogP contribution in [0.15, 0.2) is 36.4 Å². The van der Waals surface area contributed by atoms with Crippen LogP contribution in [0.1, 0.15) is 12.0 Å². The van der Waals surface area contributed by atoms with Crippen LogP contribution in [0.5, 0.6) is 5.75 Å². The Morgan fingerprint density at radius 2 is 1.80 bits per heavy atom. The van der Waals surface area contributed by atoms with Crippen molar-refractivity contribution in [1.82, 2.24) is 10.2 Å². The smallest absolute Gasteiger partial charge is 0.240 e. The number of rotatable bonds is 5. The molecule has 2 bridgehead atoms. The molecule has 6 heteroatoms. The third-order valence-corrected chi connectivity index (χ3v) is 5.53. The number of fused-ring (bicyclic) bond motifs is 5. The molecule has 0 aromatic heterocycles. The van der Waals surface area contributed by atoms with Crippen molar-refractivity contribution >= 4 is 17.7 Å². The van der Waals surface area contributed by atoms with E-state index in [0.29, 0.717) is 12.3 Å². The lowest BCUT2D eigenvalue weighted by Gasteiger charge is -2.17. The van der Waals surface area contributed by atoms with Gasteiger partial charge in [0, 0.05) is 12.1 Å². The van der Waals surface area contributed by atoms with Gasteiger partial charge in [-0.3, -0.25) is 19.3 Å². The summed E-state index contributed by atoms with van der Waals surface area (Å²) in [6.07, 6.45) is 4.98. The molecule has 1 saturated heterocycles. The minimum Gasteiger partial charge on any atom is -0.496 e. The van der Waals surface area contributed by atoms with Crippen molar-refractivity contribution in [1.29, 1.82) is 0 Å². The second kappa shape index (κ2) is 6.02. The fraction of sp³-hybridized carbons (Fsp3) is 0.421. The molecule has 1 saturated carbocycles. The molecule has 25 heavy (non-hydrogen) atoms. The number of hydrogen-bond acceptors (Lipinski definition) is 4. The summed E-state index contributed by atoms with van der Waals surface area (Å²) in [6.45, 7) is 0.0813. The van der Waals surface area contributed by atoms with Gasteiger partial charge in [0.05, 0.1) is 18.9 Å². The predicted octanol–water partition coefficient (Wildman–Crippen LogP) is 1.12. The summed E-state index contributed by atoms with van der Waals surface area (Å²) in [5.41, 5.74) is 0.844. The van der Waals surface area contributed by atoms with Gasteiger partial charge >= 0.3 is 0 Å². The molecular formula is C19H20N2O4. The van der Waals surface area contributed by atoms with Crippen LogP contribution in [-0.2, 0) is 20.9 Å². The number of ether oxygens (including phenoxy) is 1. The molecule has 1 aliphatic heterocycles. The minimum atomic E-state index is -0.340. The highest BCUT2D eigenvalue weighted by Gasteiger charge is 2.59. The number of benzene rings is 1. The molecule has 4 rings (SSSR count). The van der Waals surface area contributed by atoms with Gasteiger partial charge in [-0.15, -0.1) is 0 Å². The van der Waals surface area contributed by atoms with E-state index in [1.165, 1.54) is 0 Å². The molecule has 2 fully saturated rings. The molecule has 1 N–H and O–H groups in total. The van der Waals surface area contributed by atoms with Crippen LogP contribution >= 0.6 is 0 Å². The Labute approximate surface area is 145 Å². The minimum absolute atomic E-state index is 0.160. The van der Waals surface area contributed by atoms with Crippen molar-refractivity contribution in [2.45, 2.75) is 13.0 Å². The van der Waals surface area contributed by atoms with Gasteiger partial charge in [0.2, 0.25) is 17.7 Å². The summed E-state index contributed by atoms with van der Waals surface area (Å²) >= 11 is 0. The SMILES string of the molecule is COc1ccccc1CNC(=O)CN1C(=O)[C@H]2[C@H](C1=O)[C@H]1C=C[C@H]2C1. The molecule has 1 aromatic carbocycles. The number of hydrogen-bond donors (Lipinski definition) is 1. The molecule has 1 aromatic rings. The van der Waals surface area contributed by atoms with Crippen molar-refractivity contribution in [2.75, 3.05) is 13.7 Å². The topological polar surface area (TPSA) is 75.7 Å². The van der Waals surface area contributed by atoms with E-state index >= 15 is 0 Å². The molecule has 0 spiro atoms. The zero-order chi connectivity index (χ0) is 17.6. The molecular weight excluding hydrogens is 320 g/mol. The summed E-state index contributed by atoms with van der Waals surface area (Å²) in [6, 6.07) is 7.40. The van der Waals surface area contributed by atoms with E-state index in [1.54, 1.807) is 7.11 Å². The summed E-state index contributed by atoms with van der Waals surface area (Å²) in [7, 11) is 1.57. The first-order chi connectivity index (χ1) is 12.1. The van der Waals surface area contributed by atoms with Crippen LogP contribution in [-0.4, -0.2) is 36.3 Å². The lowest BCUT2D eigenvalue weighted by Crippen LogP contribution is -2.41. The summed E-state index contributed by atoms with van der Waals surface area (Å²) < 4.78 is 5.25. The van der Waals surface area contributed by atoms with Gasteiger partial charge in [-0.25, -0.2) is 0 Å². The zero-order valence-corrected chi connectivity index (χ0v) is 14.0. The van der Waals surface area contributed by atoms with Crippen molar-refractivity contribution < 1.29 is 19.1 Å². The van der Waals surface area contributed by atoms with Gasteiger partial charge in [0.25, 0.3) is 0 Å². The summed E-state index contributed by atoms with van der Waals surface area (Å²) in [5, 5.41) is 2.76. The highest BCUT2D eigenvalue weighted by Crippen LogP contribution is 2.52. The van der Waals surface area contributed by atoms with Crippen LogP contribution in [0.2, 0.25) is 0 Å². The van der Waals surface area contributed by atoms with Gasteiger partial charge in [-0.1, -0.05) is 30.4 Å². The van der Waals surface area contributed by atoms with E-state index in [-0.39, 0.29) is 47.9 Å². The number of likely N-dealkylation sites (tertiary alicyclic amines) is 1. The number of methoxy groups -OCH3 is 1. The van der Waals surface area contributed by atoms with Gasteiger partial charge in [-0.05, 0) is 24.3 Å². The fourth-order valence-corrected chi connectivity index (χ4v) is 4.36. The molecule has 1 heterocycles. The Kier molecular flexibility index (Phi) is 3.82. The highest BCUT2D eigenvalue weighted by atomic mass is 16.5. The predicted molar refractivity (Wildman–Crippen MR) is 89.3 cm³/mol. The third-order valence-electron chi connectivity index (χ3n) is 5.53. The Morgan fingerprint density at radius 3 is 2.44 bits per heavy atom. The highest BCUT2D eigenvalue weighted by molar-refractivity contribution is 6.08. The van der Waals surface area contributed by atoms with E-state index in [4.69, 9.17) is 4.74 Å². The average molecular weight is 340 g/mol. The van der Waals surface area contributed by atoms with Gasteiger partial charge in [0.1, 0.15) is 12.3 Å². The Morgan fingerprint density at radius 1 is 1.16 bits per heavy atom. The molecule has 3 aliphatic rings. The normalized spacial score (nSPS) is 29.2. The standard InChI is InChI=1S/C19H20N2O4/c1-25-14-5-3-2-4-13(14)9-20-15(22)10-21-18(23)16-11-6-7-12(8-11)17(16)19(21)24/h2-7,11-12,16-17H,8-10H2,1H3,(H,20,22)/t11-,12-,16+,17+/m0/s1. The van der Waals surface area contributed by atoms with Crippen LogP contribution < -0.4 is 10.1 Å². The number of imide groups is 1. The Bertz CT molecular complexity index is 742. The number of nitrogens with one attached hydrogen (secondary N) is 1. The monoisotopic (exact) mass is 340 g/mol. The largest absolute Gasteiger partial charge is 0.496 e. The van der Waals surface area contributed by atoms with E-state index in [0.717, 1.165) is 16.9 Å². The maximum atomic E-state index is 12.6. The van der Waals surface area contributed by atoms with E-state index in [2.05, 4.69) is 5.32 Å². The van der Waals surface area contributed by atoms with Crippen LogP contribution in [0.25, 0.3) is 0 Å². The number of allylic oxidation sites excluding steroid dienone is 2. The molecule has 130 valence electrons. The summed E-state index contributed by atoms with van der Waals surface area (Å²) in [5.74, 6) is -0.241. The molecule has 0 unspecified atom stereocenters. The maximum Gasteiger partial charge on any atom is 0.240 e. The first kappa shape index (κ1) is 15.9. The van der Waals surface area contributed by atoms with Gasteiger partial charge in [0.15, 0.2) is 0 Å². The first-order valence-electron chi connectivity index (χ1n) is 8.52. The maximum absolute atomic E-state index is 12.6. The van der Waals surface area contributed by atoms with E-state index < -0.39 is 0 Å². The van der Waals surface area contributed by atoms with Gasteiger partial charge in [-0.2, -0.15) is 0 Å². The quantitative estimate of drug-likeness (QED) is 0.644. The number of amides is 3.